The summed E-state index contributed by atoms with van der Waals surface area (Å²) < 4.78 is 37.0. The van der Waals surface area contributed by atoms with Gasteiger partial charge in [-0.15, -0.1) is 0 Å². The summed E-state index contributed by atoms with van der Waals surface area (Å²) in [5, 5.41) is 16.3. The Morgan fingerprint density at radius 2 is 1.78 bits per heavy atom. The van der Waals surface area contributed by atoms with E-state index in [0.717, 1.165) is 0 Å². The number of alkyl halides is 3. The predicted octanol–water partition coefficient (Wildman–Crippen LogP) is 1.20. The Morgan fingerprint density at radius 1 is 1.30 bits per heavy atom. The molecule has 0 aromatic carbocycles. The van der Waals surface area contributed by atoms with Gasteiger partial charge < -0.3 is 25.6 Å². The number of amides is 1. The van der Waals surface area contributed by atoms with Crippen molar-refractivity contribution in [2.75, 3.05) is 19.7 Å². The van der Waals surface area contributed by atoms with Crippen LogP contribution in [0, 0.1) is 5.92 Å². The van der Waals surface area contributed by atoms with Crippen LogP contribution in [0.25, 0.3) is 0 Å². The van der Waals surface area contributed by atoms with Crippen molar-refractivity contribution in [3.63, 3.8) is 0 Å². The maximum atomic E-state index is 11.8. The minimum absolute atomic E-state index is 0.0143. The fourth-order valence-corrected chi connectivity index (χ4v) is 1.74. The molecule has 136 valence electrons. The molecular weight excluding hydrogens is 321 g/mol. The monoisotopic (exact) mass is 344 g/mol. The van der Waals surface area contributed by atoms with Crippen LogP contribution in [0.5, 0.6) is 0 Å². The third-order valence-corrected chi connectivity index (χ3v) is 2.92. The summed E-state index contributed by atoms with van der Waals surface area (Å²) in [6.07, 6.45) is -4.69. The van der Waals surface area contributed by atoms with Gasteiger partial charge in [0.25, 0.3) is 0 Å². The maximum absolute atomic E-state index is 11.8. The van der Waals surface area contributed by atoms with Crippen molar-refractivity contribution in [2.24, 2.45) is 11.7 Å². The molecule has 0 aliphatic carbocycles. The number of rotatable bonds is 1. The number of nitrogens with zero attached hydrogens (tertiary/aromatic N) is 1. The van der Waals surface area contributed by atoms with E-state index in [1.807, 2.05) is 20.8 Å². The van der Waals surface area contributed by atoms with Crippen molar-refractivity contribution >= 4 is 12.1 Å². The first-order valence-corrected chi connectivity index (χ1v) is 6.92. The van der Waals surface area contributed by atoms with Crippen LogP contribution in [0.4, 0.5) is 18.0 Å². The lowest BCUT2D eigenvalue weighted by molar-refractivity contribution is -0.192. The average Bonchev–Trinajstić information content (AvgIpc) is 2.36. The Labute approximate surface area is 132 Å². The van der Waals surface area contributed by atoms with E-state index >= 15 is 0 Å². The topological polar surface area (TPSA) is 113 Å². The fourth-order valence-electron chi connectivity index (χ4n) is 1.74. The lowest BCUT2D eigenvalue weighted by Crippen LogP contribution is -2.51. The number of carboxylic acids is 1. The Balaban J connectivity index is 0.000000585. The zero-order chi connectivity index (χ0) is 18.4. The molecular formula is C13H23F3N2O5. The molecule has 0 unspecified atom stereocenters. The van der Waals surface area contributed by atoms with Crippen molar-refractivity contribution < 1.29 is 37.7 Å². The van der Waals surface area contributed by atoms with Crippen LogP contribution in [0.2, 0.25) is 0 Å². The zero-order valence-electron chi connectivity index (χ0n) is 13.3. The molecule has 0 spiro atoms. The van der Waals surface area contributed by atoms with Gasteiger partial charge in [-0.3, -0.25) is 0 Å². The number of aliphatic hydroxyl groups excluding tert-OH is 1. The quantitative estimate of drug-likeness (QED) is 0.659. The molecule has 1 fully saturated rings. The Morgan fingerprint density at radius 3 is 2.13 bits per heavy atom. The summed E-state index contributed by atoms with van der Waals surface area (Å²) >= 11 is 0. The number of likely N-dealkylation sites (tertiary alicyclic amines) is 1. The molecule has 0 saturated carbocycles. The van der Waals surface area contributed by atoms with Gasteiger partial charge in [-0.1, -0.05) is 0 Å². The van der Waals surface area contributed by atoms with E-state index in [2.05, 4.69) is 0 Å². The van der Waals surface area contributed by atoms with Crippen LogP contribution in [0.1, 0.15) is 27.2 Å². The Bertz CT molecular complexity index is 409. The van der Waals surface area contributed by atoms with Gasteiger partial charge in [0.15, 0.2) is 0 Å². The number of hydrogen-bond acceptors (Lipinski definition) is 5. The van der Waals surface area contributed by atoms with Gasteiger partial charge in [-0.05, 0) is 27.2 Å². The minimum atomic E-state index is -5.08. The van der Waals surface area contributed by atoms with Crippen molar-refractivity contribution in [3.05, 3.63) is 0 Å². The first-order valence-electron chi connectivity index (χ1n) is 6.92. The summed E-state index contributed by atoms with van der Waals surface area (Å²) in [5.74, 6) is -2.80. The third kappa shape index (κ3) is 8.60. The Kier molecular flexibility index (Phi) is 7.78. The van der Waals surface area contributed by atoms with E-state index in [1.54, 1.807) is 4.90 Å². The highest BCUT2D eigenvalue weighted by Crippen LogP contribution is 2.18. The van der Waals surface area contributed by atoms with Crippen LogP contribution >= 0.6 is 0 Å². The summed E-state index contributed by atoms with van der Waals surface area (Å²) in [5.41, 5.74) is 5.36. The average molecular weight is 344 g/mol. The largest absolute Gasteiger partial charge is 0.490 e. The number of nitrogens with two attached hydrogens (primary N) is 1. The second-order valence-electron chi connectivity index (χ2n) is 6.12. The highest BCUT2D eigenvalue weighted by molar-refractivity contribution is 5.73. The number of aliphatic hydroxyl groups is 1. The summed E-state index contributed by atoms with van der Waals surface area (Å²) in [4.78, 5) is 22.3. The first kappa shape index (κ1) is 21.4. The lowest BCUT2D eigenvalue weighted by Gasteiger charge is -2.36. The number of halogens is 3. The number of hydrogen-bond donors (Lipinski definition) is 3. The number of carboxylic acid groups (broad SMARTS) is 1. The fraction of sp³-hybridized carbons (Fsp3) is 0.846. The predicted molar refractivity (Wildman–Crippen MR) is 74.7 cm³/mol. The Hall–Kier alpha value is -1.55. The highest BCUT2D eigenvalue weighted by Gasteiger charge is 2.38. The summed E-state index contributed by atoms with van der Waals surface area (Å²) in [6.45, 7) is 6.61. The molecule has 7 nitrogen and oxygen atoms in total. The van der Waals surface area contributed by atoms with Crippen molar-refractivity contribution in [1.82, 2.24) is 4.90 Å². The zero-order valence-corrected chi connectivity index (χ0v) is 13.3. The minimum Gasteiger partial charge on any atom is -0.475 e. The number of piperidine rings is 1. The summed E-state index contributed by atoms with van der Waals surface area (Å²) in [7, 11) is 0. The molecule has 4 N–H and O–H groups in total. The standard InChI is InChI=1S/C11H22N2O3.C2HF3O2/c1-11(2,3)16-10(15)13-5-4-9(12)8(6-13)7-14;3-2(4,5)1(6)7/h8-9,14H,4-7,12H2,1-3H3;(H,6,7)/t8-,9-;/m1./s1. The summed E-state index contributed by atoms with van der Waals surface area (Å²) in [6, 6.07) is -0.0244. The molecule has 0 radical (unpaired) electrons. The van der Waals surface area contributed by atoms with Crippen molar-refractivity contribution in [2.45, 2.75) is 45.0 Å². The molecule has 2 atom stereocenters. The van der Waals surface area contributed by atoms with Gasteiger partial charge in [-0.25, -0.2) is 9.59 Å². The number of carbonyl (C=O) groups excluding carboxylic acids is 1. The second-order valence-corrected chi connectivity index (χ2v) is 6.12. The van der Waals surface area contributed by atoms with E-state index in [4.69, 9.17) is 25.5 Å². The number of carbonyl (C=O) groups is 2. The van der Waals surface area contributed by atoms with E-state index in [9.17, 15) is 18.0 Å². The van der Waals surface area contributed by atoms with Gasteiger partial charge in [0.2, 0.25) is 0 Å². The first-order chi connectivity index (χ1) is 10.3. The van der Waals surface area contributed by atoms with Gasteiger partial charge in [0.05, 0.1) is 0 Å². The second kappa shape index (κ2) is 8.34. The van der Waals surface area contributed by atoms with Crippen molar-refractivity contribution in [3.8, 4) is 0 Å². The molecule has 1 aliphatic rings. The highest BCUT2D eigenvalue weighted by atomic mass is 19.4. The van der Waals surface area contributed by atoms with Crippen LogP contribution in [-0.2, 0) is 9.53 Å². The number of ether oxygens (including phenoxy) is 1. The van der Waals surface area contributed by atoms with E-state index in [-0.39, 0.29) is 24.7 Å². The van der Waals surface area contributed by atoms with E-state index < -0.39 is 17.7 Å². The molecule has 1 amide bonds. The van der Waals surface area contributed by atoms with E-state index in [0.29, 0.717) is 19.5 Å². The van der Waals surface area contributed by atoms with Crippen molar-refractivity contribution in [1.29, 1.82) is 0 Å². The number of aliphatic carboxylic acids is 1. The van der Waals surface area contributed by atoms with Crippen LogP contribution in [0.15, 0.2) is 0 Å². The molecule has 1 aliphatic heterocycles. The van der Waals surface area contributed by atoms with Gasteiger partial charge in [-0.2, -0.15) is 13.2 Å². The lowest BCUT2D eigenvalue weighted by atomic mass is 9.94. The third-order valence-electron chi connectivity index (χ3n) is 2.92. The molecule has 0 aromatic rings. The van der Waals surface area contributed by atoms with Crippen LogP contribution in [-0.4, -0.2) is 64.7 Å². The molecule has 0 bridgehead atoms. The normalized spacial score (nSPS) is 22.0. The van der Waals surface area contributed by atoms with Crippen LogP contribution in [0.3, 0.4) is 0 Å². The molecule has 10 heteroatoms. The van der Waals surface area contributed by atoms with Gasteiger partial charge in [0.1, 0.15) is 5.60 Å². The molecule has 0 aromatic heterocycles. The SMILES string of the molecule is CC(C)(C)OC(=O)N1CC[C@@H](N)[C@@H](CO)C1.O=C(O)C(F)(F)F. The van der Waals surface area contributed by atoms with Gasteiger partial charge >= 0.3 is 18.2 Å². The van der Waals surface area contributed by atoms with Crippen LogP contribution < -0.4 is 5.73 Å². The van der Waals surface area contributed by atoms with E-state index in [1.165, 1.54) is 0 Å². The molecule has 1 saturated heterocycles. The molecule has 1 rings (SSSR count). The molecule has 23 heavy (non-hydrogen) atoms. The smallest absolute Gasteiger partial charge is 0.475 e. The van der Waals surface area contributed by atoms with Gasteiger partial charge in [0, 0.05) is 31.7 Å². The molecule has 1 heterocycles. The maximum Gasteiger partial charge on any atom is 0.490 e.